The Kier molecular flexibility index (Phi) is 7.15. The van der Waals surface area contributed by atoms with Gasteiger partial charge < -0.3 is 19.9 Å². The average molecular weight is 511 g/mol. The Hall–Kier alpha value is -4.45. The van der Waals surface area contributed by atoms with Gasteiger partial charge >= 0.3 is 5.97 Å². The first-order valence-electron chi connectivity index (χ1n) is 10.7. The van der Waals surface area contributed by atoms with Gasteiger partial charge in [-0.05, 0) is 35.2 Å². The van der Waals surface area contributed by atoms with E-state index in [2.05, 4.69) is 5.10 Å². The van der Waals surface area contributed by atoms with Crippen LogP contribution in [0.3, 0.4) is 0 Å². The van der Waals surface area contributed by atoms with Gasteiger partial charge in [-0.25, -0.2) is 9.80 Å². The first-order valence-corrected chi connectivity index (χ1v) is 11.6. The van der Waals surface area contributed by atoms with Crippen molar-refractivity contribution in [3.8, 4) is 11.5 Å². The molecule has 4 rings (SSSR count). The molecule has 1 aliphatic rings. The van der Waals surface area contributed by atoms with Gasteiger partial charge in [-0.15, -0.1) is 11.3 Å². The number of rotatable bonds is 8. The van der Waals surface area contributed by atoms with E-state index in [0.29, 0.717) is 23.6 Å². The van der Waals surface area contributed by atoms with E-state index < -0.39 is 29.4 Å². The maximum Gasteiger partial charge on any atom is 0.341 e. The van der Waals surface area contributed by atoms with Crippen LogP contribution in [0.25, 0.3) is 0 Å². The number of nitro groups is 1. The molecule has 2 N–H and O–H groups in total. The number of anilines is 1. The molecule has 1 aliphatic heterocycles. The summed E-state index contributed by atoms with van der Waals surface area (Å²) in [6, 6.07) is 12.1. The number of nitro benzene ring substituents is 1. The van der Waals surface area contributed by atoms with Crippen LogP contribution in [-0.2, 0) is 9.53 Å². The first kappa shape index (κ1) is 24.7. The van der Waals surface area contributed by atoms with E-state index in [1.54, 1.807) is 12.1 Å². The van der Waals surface area contributed by atoms with Crippen LogP contribution in [0.5, 0.6) is 11.5 Å². The fourth-order valence-electron chi connectivity index (χ4n) is 3.76. The minimum Gasteiger partial charge on any atom is -0.493 e. The normalized spacial score (nSPS) is 14.8. The van der Waals surface area contributed by atoms with Crippen molar-refractivity contribution in [1.29, 1.82) is 0 Å². The minimum absolute atomic E-state index is 0.000397. The Morgan fingerprint density at radius 1 is 1.17 bits per heavy atom. The molecular formula is C24H22N4O7S. The highest BCUT2D eigenvalue weighted by molar-refractivity contribution is 7.12. The van der Waals surface area contributed by atoms with E-state index in [1.807, 2.05) is 23.6 Å². The van der Waals surface area contributed by atoms with Crippen molar-refractivity contribution in [3.05, 3.63) is 80.0 Å². The molecule has 0 saturated heterocycles. The van der Waals surface area contributed by atoms with Crippen LogP contribution in [0.15, 0.2) is 59.0 Å². The van der Waals surface area contributed by atoms with Crippen LogP contribution in [0.2, 0.25) is 0 Å². The third kappa shape index (κ3) is 4.98. The third-order valence-electron chi connectivity index (χ3n) is 5.56. The average Bonchev–Trinajstić information content (AvgIpc) is 3.57. The zero-order chi connectivity index (χ0) is 25.8. The second kappa shape index (κ2) is 10.4. The van der Waals surface area contributed by atoms with Crippen LogP contribution in [0.1, 0.15) is 33.3 Å². The summed E-state index contributed by atoms with van der Waals surface area (Å²) in [6.45, 7) is -0.633. The molecule has 0 radical (unpaired) electrons. The highest BCUT2D eigenvalue weighted by Crippen LogP contribution is 2.38. The predicted octanol–water partition coefficient (Wildman–Crippen LogP) is 3.79. The molecule has 1 amide bonds. The number of nitrogens with two attached hydrogens (primary N) is 1. The summed E-state index contributed by atoms with van der Waals surface area (Å²) in [6.07, 6.45) is 0.438. The molecular weight excluding hydrogens is 488 g/mol. The molecule has 0 unspecified atom stereocenters. The first-order chi connectivity index (χ1) is 17.3. The van der Waals surface area contributed by atoms with E-state index in [-0.39, 0.29) is 16.9 Å². The Balaban J connectivity index is 1.57. The summed E-state index contributed by atoms with van der Waals surface area (Å²) in [5, 5.41) is 18.8. The van der Waals surface area contributed by atoms with E-state index in [4.69, 9.17) is 19.9 Å². The van der Waals surface area contributed by atoms with Crippen molar-refractivity contribution in [2.75, 3.05) is 26.6 Å². The number of methoxy groups -OCH3 is 2. The van der Waals surface area contributed by atoms with Crippen LogP contribution in [-0.4, -0.2) is 48.3 Å². The highest BCUT2D eigenvalue weighted by Gasteiger charge is 2.34. The number of carbonyl (C=O) groups excluding carboxylic acids is 2. The number of esters is 1. The molecule has 0 aliphatic carbocycles. The molecule has 3 aromatic rings. The van der Waals surface area contributed by atoms with Gasteiger partial charge in [0.05, 0.1) is 41.3 Å². The molecule has 1 aromatic heterocycles. The highest BCUT2D eigenvalue weighted by atomic mass is 32.1. The lowest BCUT2D eigenvalue weighted by molar-refractivity contribution is -0.384. The number of hydrogen-bond acceptors (Lipinski definition) is 10. The standard InChI is InChI=1S/C24H22N4O7S/c1-33-20-8-5-14(10-21(20)34-2)19-12-18(22-4-3-9-36-22)26-27(19)23(29)13-35-24(30)16-11-15(28(31)32)6-7-17(16)25/h3-11,19H,12-13,25H2,1-2H3/t19-/m0/s1. The Morgan fingerprint density at radius 3 is 2.61 bits per heavy atom. The molecule has 0 fully saturated rings. The Bertz CT molecular complexity index is 1340. The number of hydrogen-bond donors (Lipinski definition) is 1. The van der Waals surface area contributed by atoms with E-state index >= 15 is 0 Å². The largest absolute Gasteiger partial charge is 0.493 e. The number of hydrazone groups is 1. The molecule has 0 spiro atoms. The molecule has 0 bridgehead atoms. The fourth-order valence-corrected chi connectivity index (χ4v) is 4.48. The monoisotopic (exact) mass is 510 g/mol. The minimum atomic E-state index is -0.950. The van der Waals surface area contributed by atoms with Gasteiger partial charge in [-0.3, -0.25) is 14.9 Å². The zero-order valence-corrected chi connectivity index (χ0v) is 20.2. The molecule has 186 valence electrons. The number of ether oxygens (including phenoxy) is 3. The lowest BCUT2D eigenvalue weighted by Crippen LogP contribution is -2.31. The number of carbonyl (C=O) groups is 2. The quantitative estimate of drug-likeness (QED) is 0.208. The van der Waals surface area contributed by atoms with E-state index in [9.17, 15) is 19.7 Å². The van der Waals surface area contributed by atoms with Crippen LogP contribution >= 0.6 is 11.3 Å². The summed E-state index contributed by atoms with van der Waals surface area (Å²) in [7, 11) is 3.05. The topological polar surface area (TPSA) is 147 Å². The van der Waals surface area contributed by atoms with Crippen molar-refractivity contribution in [2.45, 2.75) is 12.5 Å². The number of nitrogen functional groups attached to an aromatic ring is 1. The lowest BCUT2D eigenvalue weighted by atomic mass is 10.0. The van der Waals surface area contributed by atoms with Gasteiger partial charge in [0, 0.05) is 24.2 Å². The molecule has 0 saturated carbocycles. The zero-order valence-electron chi connectivity index (χ0n) is 19.4. The number of nitrogens with zero attached hydrogens (tertiary/aromatic N) is 3. The van der Waals surface area contributed by atoms with Crippen molar-refractivity contribution in [1.82, 2.24) is 5.01 Å². The Labute approximate surface area is 209 Å². The summed E-state index contributed by atoms with van der Waals surface area (Å²) >= 11 is 1.50. The summed E-state index contributed by atoms with van der Waals surface area (Å²) in [4.78, 5) is 37.0. The van der Waals surface area contributed by atoms with Crippen LogP contribution < -0.4 is 15.2 Å². The van der Waals surface area contributed by atoms with Crippen molar-refractivity contribution >= 4 is 40.3 Å². The molecule has 2 aromatic carbocycles. The second-order valence-corrected chi connectivity index (χ2v) is 8.65. The molecule has 12 heteroatoms. The van der Waals surface area contributed by atoms with E-state index in [0.717, 1.165) is 16.5 Å². The van der Waals surface area contributed by atoms with Gasteiger partial charge in [0.25, 0.3) is 11.6 Å². The van der Waals surface area contributed by atoms with Crippen LogP contribution in [0.4, 0.5) is 11.4 Å². The fraction of sp³-hybridized carbons (Fsp3) is 0.208. The summed E-state index contributed by atoms with van der Waals surface area (Å²) in [5.74, 6) is -0.480. The number of non-ortho nitro benzene ring substituents is 1. The third-order valence-corrected chi connectivity index (χ3v) is 6.48. The number of benzene rings is 2. The van der Waals surface area contributed by atoms with Gasteiger partial charge in [0.15, 0.2) is 18.1 Å². The van der Waals surface area contributed by atoms with Crippen molar-refractivity contribution in [3.63, 3.8) is 0 Å². The molecule has 2 heterocycles. The smallest absolute Gasteiger partial charge is 0.341 e. The van der Waals surface area contributed by atoms with Crippen LogP contribution in [0, 0.1) is 10.1 Å². The number of thiophene rings is 1. The number of amides is 1. The van der Waals surface area contributed by atoms with E-state index in [1.165, 1.54) is 42.7 Å². The SMILES string of the molecule is COc1ccc([C@@H]2CC(c3cccs3)=NN2C(=O)COC(=O)c2cc([N+](=O)[O-])ccc2N)cc1OC. The van der Waals surface area contributed by atoms with Crippen molar-refractivity contribution < 1.29 is 28.7 Å². The van der Waals surface area contributed by atoms with Crippen molar-refractivity contribution in [2.24, 2.45) is 5.10 Å². The molecule has 1 atom stereocenters. The maximum atomic E-state index is 13.2. The van der Waals surface area contributed by atoms with Gasteiger partial charge in [0.2, 0.25) is 0 Å². The maximum absolute atomic E-state index is 13.2. The molecule has 11 nitrogen and oxygen atoms in total. The molecule has 36 heavy (non-hydrogen) atoms. The lowest BCUT2D eigenvalue weighted by Gasteiger charge is -2.23. The summed E-state index contributed by atoms with van der Waals surface area (Å²) in [5.41, 5.74) is 6.73. The van der Waals surface area contributed by atoms with Gasteiger partial charge in [-0.2, -0.15) is 5.10 Å². The second-order valence-electron chi connectivity index (χ2n) is 7.70. The summed E-state index contributed by atoms with van der Waals surface area (Å²) < 4.78 is 15.9. The van der Waals surface area contributed by atoms with Gasteiger partial charge in [-0.1, -0.05) is 12.1 Å². The Morgan fingerprint density at radius 2 is 1.94 bits per heavy atom. The predicted molar refractivity (Wildman–Crippen MR) is 132 cm³/mol. The van der Waals surface area contributed by atoms with Gasteiger partial charge in [0.1, 0.15) is 0 Å².